The van der Waals surface area contributed by atoms with E-state index >= 15 is 0 Å². The van der Waals surface area contributed by atoms with Crippen molar-refractivity contribution >= 4 is 5.91 Å². The van der Waals surface area contributed by atoms with Crippen molar-refractivity contribution in [1.82, 2.24) is 10.6 Å². The summed E-state index contributed by atoms with van der Waals surface area (Å²) in [5.74, 6) is -0.653. The van der Waals surface area contributed by atoms with Crippen molar-refractivity contribution in [3.05, 3.63) is 12.2 Å². The van der Waals surface area contributed by atoms with Crippen molar-refractivity contribution in [2.75, 3.05) is 13.2 Å². The molecule has 0 unspecified atom stereocenters. The minimum Gasteiger partial charge on any atom is -0.396 e. The van der Waals surface area contributed by atoms with Gasteiger partial charge in [0.25, 0.3) is 0 Å². The van der Waals surface area contributed by atoms with Gasteiger partial charge in [0.05, 0.1) is 24.4 Å². The first-order chi connectivity index (χ1) is 29.3. The number of carbonyl (C=O) groups excluding carboxylic acids is 1. The Hall–Kier alpha value is -1.03. The summed E-state index contributed by atoms with van der Waals surface area (Å²) >= 11 is 0. The maximum Gasteiger partial charge on any atom is 0.220 e. The van der Waals surface area contributed by atoms with Gasteiger partial charge >= 0.3 is 0 Å². The van der Waals surface area contributed by atoms with Crippen molar-refractivity contribution in [2.24, 2.45) is 5.92 Å². The minimum absolute atomic E-state index is 0.0914. The zero-order chi connectivity index (χ0) is 43.7. The van der Waals surface area contributed by atoms with Crippen LogP contribution in [-0.2, 0) is 4.79 Å². The molecule has 0 heterocycles. The van der Waals surface area contributed by atoms with Crippen LogP contribution in [0.15, 0.2) is 12.2 Å². The van der Waals surface area contributed by atoms with Gasteiger partial charge in [0, 0.05) is 31.5 Å². The highest BCUT2D eigenvalue weighted by Gasteiger charge is 2.42. The van der Waals surface area contributed by atoms with Crippen LogP contribution in [0.2, 0.25) is 0 Å². The van der Waals surface area contributed by atoms with Crippen molar-refractivity contribution in [3.8, 4) is 0 Å². The quantitative estimate of drug-likeness (QED) is 0.0239. The summed E-state index contributed by atoms with van der Waals surface area (Å²) in [5, 5.41) is 58.3. The number of nitrogens with one attached hydrogen (secondary N) is 2. The Morgan fingerprint density at radius 2 is 0.900 bits per heavy atom. The van der Waals surface area contributed by atoms with E-state index in [0.717, 1.165) is 32.1 Å². The lowest BCUT2D eigenvalue weighted by molar-refractivity contribution is -0.131. The molecule has 0 aromatic heterocycles. The van der Waals surface area contributed by atoms with Gasteiger partial charge in [-0.1, -0.05) is 238 Å². The largest absolute Gasteiger partial charge is 0.396 e. The molecule has 1 amide bonds. The van der Waals surface area contributed by atoms with Crippen molar-refractivity contribution in [2.45, 2.75) is 294 Å². The van der Waals surface area contributed by atoms with Gasteiger partial charge in [-0.25, -0.2) is 0 Å². The summed E-state index contributed by atoms with van der Waals surface area (Å²) in [6, 6.07) is -1.19. The summed E-state index contributed by atoms with van der Waals surface area (Å²) in [6.45, 7) is 4.44. The number of carbonyl (C=O) groups is 1. The van der Waals surface area contributed by atoms with E-state index in [4.69, 9.17) is 0 Å². The molecular formula is C52H102N2O6. The highest BCUT2D eigenvalue weighted by Crippen LogP contribution is 2.26. The van der Waals surface area contributed by atoms with Crippen LogP contribution in [0.4, 0.5) is 0 Å². The predicted molar refractivity (Wildman–Crippen MR) is 254 cm³/mol. The van der Waals surface area contributed by atoms with Gasteiger partial charge in [0.1, 0.15) is 6.10 Å². The second-order valence-corrected chi connectivity index (χ2v) is 19.0. The third-order valence-electron chi connectivity index (χ3n) is 13.3. The van der Waals surface area contributed by atoms with E-state index in [2.05, 4.69) is 24.5 Å². The van der Waals surface area contributed by atoms with E-state index < -0.39 is 42.4 Å². The first-order valence-corrected chi connectivity index (χ1v) is 26.4. The van der Waals surface area contributed by atoms with Gasteiger partial charge in [0.2, 0.25) is 5.91 Å². The fourth-order valence-corrected chi connectivity index (χ4v) is 9.07. The third-order valence-corrected chi connectivity index (χ3v) is 13.3. The molecule has 0 aromatic carbocycles. The van der Waals surface area contributed by atoms with E-state index in [-0.39, 0.29) is 25.5 Å². The summed E-state index contributed by atoms with van der Waals surface area (Å²) in [7, 11) is 0. The smallest absolute Gasteiger partial charge is 0.220 e. The standard InChI is InChI=1S/C52H102N2O6/c1-3-5-7-9-11-13-15-17-18-19-20-21-22-23-24-25-26-27-29-31-33-35-37-39-41-49(57)54-47(43-53-46-42-45(44-55)50(58)52(60)51(46)59)48(56)40-38-36-34-32-30-28-16-14-12-10-8-6-4-2/h38,40,45-48,50-53,55-56,58-60H,3-37,39,41-44H2,1-2H3,(H,54,57)/b40-38+/t45-,46+,47+,48-,50+,51+,52+/m1/s1. The molecule has 8 nitrogen and oxygen atoms in total. The molecule has 1 rings (SSSR count). The molecule has 0 spiro atoms. The number of allylic oxidation sites excluding steroid dienone is 1. The van der Waals surface area contributed by atoms with Crippen LogP contribution in [0.1, 0.15) is 258 Å². The highest BCUT2D eigenvalue weighted by atomic mass is 16.4. The summed E-state index contributed by atoms with van der Waals surface area (Å²) in [6.07, 6.45) is 47.1. The molecule has 60 heavy (non-hydrogen) atoms. The molecule has 8 heteroatoms. The van der Waals surface area contributed by atoms with E-state index in [0.29, 0.717) is 6.42 Å². The molecule has 1 aliphatic rings. The van der Waals surface area contributed by atoms with E-state index in [1.54, 1.807) is 6.08 Å². The molecule has 0 aliphatic heterocycles. The average Bonchev–Trinajstić information content (AvgIpc) is 3.25. The van der Waals surface area contributed by atoms with Crippen LogP contribution < -0.4 is 10.6 Å². The van der Waals surface area contributed by atoms with Crippen LogP contribution in [-0.4, -0.2) is 81.1 Å². The summed E-state index contributed by atoms with van der Waals surface area (Å²) in [4.78, 5) is 13.0. The molecule has 0 radical (unpaired) electrons. The lowest BCUT2D eigenvalue weighted by Crippen LogP contribution is -2.61. The number of hydrogen-bond donors (Lipinski definition) is 7. The van der Waals surface area contributed by atoms with Gasteiger partial charge in [-0.15, -0.1) is 0 Å². The molecule has 7 N–H and O–H groups in total. The molecule has 0 saturated heterocycles. The Labute approximate surface area is 371 Å². The fourth-order valence-electron chi connectivity index (χ4n) is 9.07. The molecule has 0 aromatic rings. The summed E-state index contributed by atoms with van der Waals surface area (Å²) < 4.78 is 0. The molecule has 1 saturated carbocycles. The topological polar surface area (TPSA) is 142 Å². The van der Waals surface area contributed by atoms with Gasteiger partial charge < -0.3 is 36.2 Å². The SMILES string of the molecule is CCCCCCCCCCCCC/C=C/[C@@H](O)[C@H](CN[C@H]1C[C@H](CO)[C@H](O)[C@H](O)[C@H]1O)NC(=O)CCCCCCCCCCCCCCCCCCCCCCCCCC. The first-order valence-electron chi connectivity index (χ1n) is 26.4. The molecule has 1 fully saturated rings. The number of aliphatic hydroxyl groups is 5. The molecular weight excluding hydrogens is 749 g/mol. The predicted octanol–water partition coefficient (Wildman–Crippen LogP) is 11.9. The zero-order valence-electron chi connectivity index (χ0n) is 39.6. The van der Waals surface area contributed by atoms with Crippen LogP contribution in [0.5, 0.6) is 0 Å². The lowest BCUT2D eigenvalue weighted by atomic mass is 9.79. The molecule has 1 aliphatic carbocycles. The number of aliphatic hydroxyl groups excluding tert-OH is 5. The normalized spacial score (nSPS) is 20.6. The van der Waals surface area contributed by atoms with Crippen LogP contribution >= 0.6 is 0 Å². The second kappa shape index (κ2) is 42.0. The van der Waals surface area contributed by atoms with Gasteiger partial charge in [-0.2, -0.15) is 0 Å². The molecule has 7 atom stereocenters. The third kappa shape index (κ3) is 31.8. The van der Waals surface area contributed by atoms with Gasteiger partial charge in [-0.3, -0.25) is 4.79 Å². The Balaban J connectivity index is 2.22. The maximum absolute atomic E-state index is 13.0. The number of rotatable bonds is 44. The fraction of sp³-hybridized carbons (Fsp3) is 0.942. The highest BCUT2D eigenvalue weighted by molar-refractivity contribution is 5.76. The van der Waals surface area contributed by atoms with Crippen LogP contribution in [0.25, 0.3) is 0 Å². The Morgan fingerprint density at radius 3 is 1.28 bits per heavy atom. The molecule has 356 valence electrons. The Morgan fingerprint density at radius 1 is 0.533 bits per heavy atom. The van der Waals surface area contributed by atoms with E-state index in [9.17, 15) is 30.3 Å². The molecule has 0 bridgehead atoms. The van der Waals surface area contributed by atoms with Crippen LogP contribution in [0.3, 0.4) is 0 Å². The Bertz CT molecular complexity index is 949. The maximum atomic E-state index is 13.0. The zero-order valence-corrected chi connectivity index (χ0v) is 39.6. The van der Waals surface area contributed by atoms with E-state index in [1.807, 2.05) is 6.08 Å². The van der Waals surface area contributed by atoms with Crippen molar-refractivity contribution in [1.29, 1.82) is 0 Å². The number of amides is 1. The minimum atomic E-state index is -1.37. The number of hydrogen-bond acceptors (Lipinski definition) is 7. The first kappa shape index (κ1) is 57.0. The number of unbranched alkanes of at least 4 members (excludes halogenated alkanes) is 34. The lowest BCUT2D eigenvalue weighted by Gasteiger charge is -2.41. The van der Waals surface area contributed by atoms with E-state index in [1.165, 1.54) is 199 Å². The summed E-state index contributed by atoms with van der Waals surface area (Å²) in [5.41, 5.74) is 0. The average molecular weight is 851 g/mol. The van der Waals surface area contributed by atoms with Crippen molar-refractivity contribution in [3.63, 3.8) is 0 Å². The van der Waals surface area contributed by atoms with Crippen molar-refractivity contribution < 1.29 is 30.3 Å². The van der Waals surface area contributed by atoms with Crippen LogP contribution in [0, 0.1) is 5.92 Å². The van der Waals surface area contributed by atoms with Gasteiger partial charge in [-0.05, 0) is 25.7 Å². The Kier molecular flexibility index (Phi) is 39.8. The monoisotopic (exact) mass is 851 g/mol. The second-order valence-electron chi connectivity index (χ2n) is 19.0. The van der Waals surface area contributed by atoms with Gasteiger partial charge in [0.15, 0.2) is 0 Å².